The van der Waals surface area contributed by atoms with Crippen molar-refractivity contribution in [1.29, 1.82) is 0 Å². The fourth-order valence-electron chi connectivity index (χ4n) is 2.70. The maximum Gasteiger partial charge on any atom is 0.307 e. The van der Waals surface area contributed by atoms with Gasteiger partial charge in [-0.3, -0.25) is 4.79 Å². The molecule has 2 atom stereocenters. The summed E-state index contributed by atoms with van der Waals surface area (Å²) in [5.74, 6) is 0.145. The summed E-state index contributed by atoms with van der Waals surface area (Å²) in [7, 11) is 4.80. The molecular weight excluding hydrogens is 274 g/mol. The zero-order valence-corrected chi connectivity index (χ0v) is 12.5. The summed E-state index contributed by atoms with van der Waals surface area (Å²) in [6.45, 7) is 0.909. The third-order valence-electron chi connectivity index (χ3n) is 3.80. The van der Waals surface area contributed by atoms with Crippen molar-refractivity contribution in [3.05, 3.63) is 23.3 Å². The second-order valence-corrected chi connectivity index (χ2v) is 5.07. The lowest BCUT2D eigenvalue weighted by atomic mass is 9.95. The Kier molecular flexibility index (Phi) is 5.03. The molecule has 2 rings (SSSR count). The van der Waals surface area contributed by atoms with Crippen LogP contribution in [0.4, 0.5) is 0 Å². The van der Waals surface area contributed by atoms with Gasteiger partial charge in [0.15, 0.2) is 11.5 Å². The third-order valence-corrected chi connectivity index (χ3v) is 3.80. The number of ether oxygens (including phenoxy) is 3. The summed E-state index contributed by atoms with van der Waals surface area (Å²) >= 11 is 0. The molecule has 0 aliphatic carbocycles. The highest BCUT2D eigenvalue weighted by atomic mass is 16.5. The van der Waals surface area contributed by atoms with Gasteiger partial charge in [-0.2, -0.15) is 0 Å². The maximum atomic E-state index is 11.1. The Bertz CT molecular complexity index is 517. The normalized spacial score (nSPS) is 21.3. The Morgan fingerprint density at radius 3 is 2.48 bits per heavy atom. The SMILES string of the molecule is COCc1cc(OC)c(OC)cc1C1CC(C(=O)O)CN1. The molecule has 1 heterocycles. The molecule has 0 saturated carbocycles. The lowest BCUT2D eigenvalue weighted by Gasteiger charge is -2.19. The van der Waals surface area contributed by atoms with Gasteiger partial charge in [-0.1, -0.05) is 0 Å². The predicted molar refractivity (Wildman–Crippen MR) is 76.7 cm³/mol. The van der Waals surface area contributed by atoms with E-state index in [9.17, 15) is 4.79 Å². The molecule has 0 radical (unpaired) electrons. The van der Waals surface area contributed by atoms with E-state index in [1.165, 1.54) is 0 Å². The molecule has 1 saturated heterocycles. The van der Waals surface area contributed by atoms with Crippen LogP contribution in [-0.2, 0) is 16.1 Å². The van der Waals surface area contributed by atoms with Crippen molar-refractivity contribution in [2.24, 2.45) is 5.92 Å². The van der Waals surface area contributed by atoms with Gasteiger partial charge in [-0.15, -0.1) is 0 Å². The van der Waals surface area contributed by atoms with Crippen molar-refractivity contribution in [3.63, 3.8) is 0 Å². The summed E-state index contributed by atoms with van der Waals surface area (Å²) in [5.41, 5.74) is 1.97. The first-order valence-electron chi connectivity index (χ1n) is 6.80. The number of carboxylic acid groups (broad SMARTS) is 1. The molecule has 1 aromatic rings. The Morgan fingerprint density at radius 1 is 1.29 bits per heavy atom. The summed E-state index contributed by atoms with van der Waals surface area (Å²) in [4.78, 5) is 11.1. The van der Waals surface area contributed by atoms with Crippen LogP contribution in [0.5, 0.6) is 11.5 Å². The molecule has 0 amide bonds. The highest BCUT2D eigenvalue weighted by Crippen LogP contribution is 2.37. The van der Waals surface area contributed by atoms with E-state index in [1.54, 1.807) is 21.3 Å². The van der Waals surface area contributed by atoms with Gasteiger partial charge in [0, 0.05) is 19.7 Å². The van der Waals surface area contributed by atoms with Gasteiger partial charge in [0.2, 0.25) is 0 Å². The summed E-state index contributed by atoms with van der Waals surface area (Å²) in [5, 5.41) is 12.4. The van der Waals surface area contributed by atoms with Crippen LogP contribution in [0.25, 0.3) is 0 Å². The first-order chi connectivity index (χ1) is 10.1. The number of carboxylic acids is 1. The third kappa shape index (κ3) is 3.28. The van der Waals surface area contributed by atoms with E-state index in [0.717, 1.165) is 11.1 Å². The smallest absolute Gasteiger partial charge is 0.307 e. The first-order valence-corrected chi connectivity index (χ1v) is 6.80. The molecule has 21 heavy (non-hydrogen) atoms. The molecule has 2 N–H and O–H groups in total. The Balaban J connectivity index is 2.34. The highest BCUT2D eigenvalue weighted by Gasteiger charge is 2.31. The molecule has 0 bridgehead atoms. The minimum Gasteiger partial charge on any atom is -0.493 e. The lowest BCUT2D eigenvalue weighted by molar-refractivity contribution is -0.141. The fourth-order valence-corrected chi connectivity index (χ4v) is 2.70. The predicted octanol–water partition coefficient (Wildman–Crippen LogP) is 1.59. The van der Waals surface area contributed by atoms with Crippen molar-refractivity contribution in [3.8, 4) is 11.5 Å². The molecule has 1 aromatic carbocycles. The molecule has 6 nitrogen and oxygen atoms in total. The van der Waals surface area contributed by atoms with E-state index in [4.69, 9.17) is 19.3 Å². The highest BCUT2D eigenvalue weighted by molar-refractivity contribution is 5.71. The largest absolute Gasteiger partial charge is 0.493 e. The number of carbonyl (C=O) groups is 1. The number of hydrogen-bond acceptors (Lipinski definition) is 5. The summed E-state index contributed by atoms with van der Waals surface area (Å²) < 4.78 is 15.9. The van der Waals surface area contributed by atoms with Crippen molar-refractivity contribution in [2.75, 3.05) is 27.9 Å². The number of rotatable bonds is 6. The Hall–Kier alpha value is -1.79. The van der Waals surface area contributed by atoms with E-state index in [2.05, 4.69) is 5.32 Å². The van der Waals surface area contributed by atoms with E-state index >= 15 is 0 Å². The molecule has 1 fully saturated rings. The van der Waals surface area contributed by atoms with Gasteiger partial charge in [-0.25, -0.2) is 0 Å². The average Bonchev–Trinajstić information content (AvgIpc) is 2.97. The molecule has 2 unspecified atom stereocenters. The molecule has 116 valence electrons. The van der Waals surface area contributed by atoms with E-state index in [0.29, 0.717) is 31.1 Å². The number of nitrogens with one attached hydrogen (secondary N) is 1. The zero-order valence-electron chi connectivity index (χ0n) is 12.5. The van der Waals surface area contributed by atoms with Crippen molar-refractivity contribution in [1.82, 2.24) is 5.32 Å². The van der Waals surface area contributed by atoms with E-state index < -0.39 is 5.97 Å². The maximum absolute atomic E-state index is 11.1. The zero-order chi connectivity index (χ0) is 15.4. The van der Waals surface area contributed by atoms with Gasteiger partial charge in [0.25, 0.3) is 0 Å². The number of aliphatic carboxylic acids is 1. The van der Waals surface area contributed by atoms with Crippen LogP contribution in [-0.4, -0.2) is 38.9 Å². The van der Waals surface area contributed by atoms with Gasteiger partial charge in [0.1, 0.15) is 0 Å². The molecule has 1 aliphatic heterocycles. The number of hydrogen-bond donors (Lipinski definition) is 2. The summed E-state index contributed by atoms with van der Waals surface area (Å²) in [6, 6.07) is 3.76. The average molecular weight is 295 g/mol. The molecule has 0 aromatic heterocycles. The first kappa shape index (κ1) is 15.6. The Labute approximate surface area is 124 Å². The minimum atomic E-state index is -0.765. The van der Waals surface area contributed by atoms with Crippen LogP contribution >= 0.6 is 0 Å². The van der Waals surface area contributed by atoms with Crippen LogP contribution in [0.1, 0.15) is 23.6 Å². The second kappa shape index (κ2) is 6.78. The van der Waals surface area contributed by atoms with Gasteiger partial charge >= 0.3 is 5.97 Å². The van der Waals surface area contributed by atoms with E-state index in [1.807, 2.05) is 12.1 Å². The second-order valence-electron chi connectivity index (χ2n) is 5.07. The van der Waals surface area contributed by atoms with Crippen LogP contribution in [0.2, 0.25) is 0 Å². The molecule has 0 spiro atoms. The molecule has 6 heteroatoms. The Morgan fingerprint density at radius 2 is 1.95 bits per heavy atom. The summed E-state index contributed by atoms with van der Waals surface area (Å²) in [6.07, 6.45) is 0.557. The standard InChI is InChI=1S/C15H21NO5/c1-19-8-10-5-13(20-2)14(21-3)6-11(10)12-4-9(7-16-12)15(17)18/h5-6,9,12,16H,4,7-8H2,1-3H3,(H,17,18). The van der Waals surface area contributed by atoms with E-state index in [-0.39, 0.29) is 12.0 Å². The molecule has 1 aliphatic rings. The van der Waals surface area contributed by atoms with Crippen LogP contribution in [0, 0.1) is 5.92 Å². The number of methoxy groups -OCH3 is 3. The van der Waals surface area contributed by atoms with Gasteiger partial charge in [0.05, 0.1) is 26.7 Å². The van der Waals surface area contributed by atoms with Crippen molar-refractivity contribution < 1.29 is 24.1 Å². The topological polar surface area (TPSA) is 77.0 Å². The van der Waals surface area contributed by atoms with Crippen molar-refractivity contribution in [2.45, 2.75) is 19.1 Å². The lowest BCUT2D eigenvalue weighted by Crippen LogP contribution is -2.18. The van der Waals surface area contributed by atoms with Crippen molar-refractivity contribution >= 4 is 5.97 Å². The van der Waals surface area contributed by atoms with Gasteiger partial charge < -0.3 is 24.6 Å². The van der Waals surface area contributed by atoms with Crippen LogP contribution < -0.4 is 14.8 Å². The minimum absolute atomic E-state index is 0.0175. The van der Waals surface area contributed by atoms with Crippen LogP contribution in [0.3, 0.4) is 0 Å². The van der Waals surface area contributed by atoms with Gasteiger partial charge in [-0.05, 0) is 29.7 Å². The monoisotopic (exact) mass is 295 g/mol. The molecular formula is C15H21NO5. The van der Waals surface area contributed by atoms with Crippen LogP contribution in [0.15, 0.2) is 12.1 Å². The number of benzene rings is 1. The fraction of sp³-hybridized carbons (Fsp3) is 0.533. The quantitative estimate of drug-likeness (QED) is 0.830.